The first-order chi connectivity index (χ1) is 11.6. The first kappa shape index (κ1) is 16.5. The highest BCUT2D eigenvalue weighted by Gasteiger charge is 2.31. The van der Waals surface area contributed by atoms with Gasteiger partial charge in [-0.05, 0) is 29.1 Å². The van der Waals surface area contributed by atoms with Crippen molar-refractivity contribution >= 4 is 23.2 Å². The Bertz CT molecular complexity index is 715. The highest BCUT2D eigenvalue weighted by molar-refractivity contribution is 7.12. The monoisotopic (exact) mass is 347 g/mol. The number of nitrogens with one attached hydrogen (secondary N) is 1. The van der Waals surface area contributed by atoms with Crippen molar-refractivity contribution in [1.29, 1.82) is 0 Å². The molecule has 2 atom stereocenters. The van der Waals surface area contributed by atoms with Crippen molar-refractivity contribution in [3.8, 4) is 5.75 Å². The molecule has 1 saturated heterocycles. The second kappa shape index (κ2) is 7.46. The van der Waals surface area contributed by atoms with Crippen LogP contribution in [0.1, 0.15) is 15.2 Å². The number of amides is 1. The van der Waals surface area contributed by atoms with E-state index in [1.165, 1.54) is 6.07 Å². The molecular weight excluding hydrogens is 330 g/mol. The van der Waals surface area contributed by atoms with E-state index in [0.717, 1.165) is 17.1 Å². The summed E-state index contributed by atoms with van der Waals surface area (Å²) in [5, 5.41) is 13.5. The predicted molar refractivity (Wildman–Crippen MR) is 88.6 cm³/mol. The molecule has 1 fully saturated rings. The maximum Gasteiger partial charge on any atom is 0.345 e. The highest BCUT2D eigenvalue weighted by atomic mass is 32.1. The molecule has 0 radical (unpaired) electrons. The minimum Gasteiger partial charge on any atom is -0.486 e. The van der Waals surface area contributed by atoms with Gasteiger partial charge in [0.05, 0.1) is 25.7 Å². The van der Waals surface area contributed by atoms with E-state index >= 15 is 0 Å². The number of thiophene rings is 1. The molecule has 0 unspecified atom stereocenters. The van der Waals surface area contributed by atoms with Crippen LogP contribution in [0.3, 0.4) is 0 Å². The first-order valence-corrected chi connectivity index (χ1v) is 8.39. The van der Waals surface area contributed by atoms with E-state index in [1.54, 1.807) is 5.38 Å². The summed E-state index contributed by atoms with van der Waals surface area (Å²) < 4.78 is 11.3. The van der Waals surface area contributed by atoms with Gasteiger partial charge < -0.3 is 19.9 Å². The molecule has 1 aliphatic heterocycles. The third-order valence-electron chi connectivity index (χ3n) is 3.63. The summed E-state index contributed by atoms with van der Waals surface area (Å²) in [4.78, 5) is 23.3. The average Bonchev–Trinajstić information content (AvgIpc) is 3.18. The zero-order chi connectivity index (χ0) is 16.9. The number of para-hydroxylation sites is 1. The van der Waals surface area contributed by atoms with Crippen molar-refractivity contribution in [2.45, 2.75) is 18.6 Å². The molecule has 1 aromatic heterocycles. The second-order valence-corrected chi connectivity index (χ2v) is 6.39. The third-order valence-corrected chi connectivity index (χ3v) is 4.60. The minimum atomic E-state index is -0.979. The van der Waals surface area contributed by atoms with Gasteiger partial charge >= 0.3 is 5.97 Å². The summed E-state index contributed by atoms with van der Waals surface area (Å²) in [6.45, 7) is 0.814. The van der Waals surface area contributed by atoms with Gasteiger partial charge in [0.15, 0.2) is 0 Å². The fourth-order valence-corrected chi connectivity index (χ4v) is 3.23. The Balaban J connectivity index is 1.55. The van der Waals surface area contributed by atoms with Crippen molar-refractivity contribution < 1.29 is 24.2 Å². The smallest absolute Gasteiger partial charge is 0.345 e. The molecule has 7 heteroatoms. The van der Waals surface area contributed by atoms with Crippen LogP contribution in [0.5, 0.6) is 5.75 Å². The molecule has 0 spiro atoms. The van der Waals surface area contributed by atoms with E-state index in [9.17, 15) is 9.59 Å². The molecule has 6 nitrogen and oxygen atoms in total. The Hall–Kier alpha value is -2.38. The molecule has 126 valence electrons. The Morgan fingerprint density at radius 1 is 1.29 bits per heavy atom. The van der Waals surface area contributed by atoms with Gasteiger partial charge in [-0.2, -0.15) is 0 Å². The van der Waals surface area contributed by atoms with E-state index in [4.69, 9.17) is 14.6 Å². The SMILES string of the molecule is O=C(Cc1csc(C(=O)O)c1)N[C@@H]1COC[C@@H]1Oc1ccccc1. The van der Waals surface area contributed by atoms with Gasteiger partial charge in [0.1, 0.15) is 16.7 Å². The van der Waals surface area contributed by atoms with Gasteiger partial charge in [-0.25, -0.2) is 4.79 Å². The number of hydrogen-bond acceptors (Lipinski definition) is 5. The van der Waals surface area contributed by atoms with Crippen LogP contribution >= 0.6 is 11.3 Å². The number of rotatable bonds is 6. The Morgan fingerprint density at radius 2 is 2.08 bits per heavy atom. The first-order valence-electron chi connectivity index (χ1n) is 7.51. The lowest BCUT2D eigenvalue weighted by atomic mass is 10.1. The summed E-state index contributed by atoms with van der Waals surface area (Å²) in [6.07, 6.45) is -0.105. The van der Waals surface area contributed by atoms with E-state index in [-0.39, 0.29) is 29.4 Å². The molecule has 2 N–H and O–H groups in total. The second-order valence-electron chi connectivity index (χ2n) is 5.48. The number of carbonyl (C=O) groups is 2. The van der Waals surface area contributed by atoms with Crippen LogP contribution in [-0.2, 0) is 16.0 Å². The van der Waals surface area contributed by atoms with Gasteiger partial charge in [0.25, 0.3) is 0 Å². The topological polar surface area (TPSA) is 84.9 Å². The Kier molecular flexibility index (Phi) is 5.12. The number of aromatic carboxylic acids is 1. The molecular formula is C17H17NO5S. The van der Waals surface area contributed by atoms with Crippen molar-refractivity contribution in [2.75, 3.05) is 13.2 Å². The van der Waals surface area contributed by atoms with Crippen LogP contribution in [0, 0.1) is 0 Å². The molecule has 2 heterocycles. The number of ether oxygens (including phenoxy) is 2. The van der Waals surface area contributed by atoms with E-state index in [2.05, 4.69) is 5.32 Å². The van der Waals surface area contributed by atoms with Gasteiger partial charge in [-0.3, -0.25) is 4.79 Å². The minimum absolute atomic E-state index is 0.137. The third kappa shape index (κ3) is 4.12. The fraction of sp³-hybridized carbons (Fsp3) is 0.294. The van der Waals surface area contributed by atoms with Crippen molar-refractivity contribution in [1.82, 2.24) is 5.32 Å². The van der Waals surface area contributed by atoms with Crippen LogP contribution < -0.4 is 10.1 Å². The molecule has 1 aliphatic rings. The van der Waals surface area contributed by atoms with Crippen molar-refractivity contribution in [3.05, 3.63) is 52.2 Å². The zero-order valence-electron chi connectivity index (χ0n) is 12.8. The number of carboxylic acids is 1. The lowest BCUT2D eigenvalue weighted by Gasteiger charge is -2.20. The molecule has 0 aliphatic carbocycles. The van der Waals surface area contributed by atoms with Crippen LogP contribution in [0.15, 0.2) is 41.8 Å². The van der Waals surface area contributed by atoms with Crippen LogP contribution in [0.2, 0.25) is 0 Å². The molecule has 1 amide bonds. The van der Waals surface area contributed by atoms with E-state index in [1.807, 2.05) is 30.3 Å². The number of carbonyl (C=O) groups excluding carboxylic acids is 1. The quantitative estimate of drug-likeness (QED) is 0.834. The van der Waals surface area contributed by atoms with E-state index in [0.29, 0.717) is 18.8 Å². The summed E-state index contributed by atoms with van der Waals surface area (Å²) in [7, 11) is 0. The summed E-state index contributed by atoms with van der Waals surface area (Å²) >= 11 is 1.12. The van der Waals surface area contributed by atoms with Crippen LogP contribution in [-0.4, -0.2) is 42.3 Å². The normalized spacial score (nSPS) is 19.8. The largest absolute Gasteiger partial charge is 0.486 e. The lowest BCUT2D eigenvalue weighted by Crippen LogP contribution is -2.45. The van der Waals surface area contributed by atoms with Gasteiger partial charge in [-0.1, -0.05) is 18.2 Å². The standard InChI is InChI=1S/C17H17NO5S/c19-16(7-11-6-15(17(20)21)24-10-11)18-13-8-22-9-14(13)23-12-4-2-1-3-5-12/h1-6,10,13-14H,7-9H2,(H,18,19)(H,20,21)/t13-,14+/m1/s1. The fourth-order valence-electron chi connectivity index (χ4n) is 2.48. The number of benzene rings is 1. The van der Waals surface area contributed by atoms with Gasteiger partial charge in [0.2, 0.25) is 5.91 Å². The van der Waals surface area contributed by atoms with Crippen LogP contribution in [0.4, 0.5) is 0 Å². The Labute approximate surface area is 143 Å². The van der Waals surface area contributed by atoms with Crippen molar-refractivity contribution in [3.63, 3.8) is 0 Å². The maximum atomic E-state index is 12.2. The summed E-state index contributed by atoms with van der Waals surface area (Å²) in [5.41, 5.74) is 0.689. The molecule has 2 aromatic rings. The van der Waals surface area contributed by atoms with Gasteiger partial charge in [0, 0.05) is 0 Å². The Morgan fingerprint density at radius 3 is 2.79 bits per heavy atom. The lowest BCUT2D eigenvalue weighted by molar-refractivity contribution is -0.121. The molecule has 3 rings (SSSR count). The maximum absolute atomic E-state index is 12.2. The predicted octanol–water partition coefficient (Wildman–Crippen LogP) is 1.95. The molecule has 24 heavy (non-hydrogen) atoms. The summed E-state index contributed by atoms with van der Waals surface area (Å²) in [5.74, 6) is -0.426. The van der Waals surface area contributed by atoms with E-state index < -0.39 is 5.97 Å². The summed E-state index contributed by atoms with van der Waals surface area (Å²) in [6, 6.07) is 10.7. The molecule has 1 aromatic carbocycles. The highest BCUT2D eigenvalue weighted by Crippen LogP contribution is 2.18. The zero-order valence-corrected chi connectivity index (χ0v) is 13.6. The van der Waals surface area contributed by atoms with Crippen LogP contribution in [0.25, 0.3) is 0 Å². The average molecular weight is 347 g/mol. The molecule has 0 bridgehead atoms. The molecule has 0 saturated carbocycles. The van der Waals surface area contributed by atoms with Gasteiger partial charge in [-0.15, -0.1) is 11.3 Å². The van der Waals surface area contributed by atoms with Crippen molar-refractivity contribution in [2.24, 2.45) is 0 Å². The number of carboxylic acid groups (broad SMARTS) is 1. The number of hydrogen-bond donors (Lipinski definition) is 2.